The number of esters is 1. The highest BCUT2D eigenvalue weighted by atomic mass is 16.5. The number of ether oxygens (including phenoxy) is 2. The van der Waals surface area contributed by atoms with E-state index in [0.717, 1.165) is 5.56 Å². The SMILES string of the molecule is COC(=O)C1=C(N)Oc2cc(C)n(Cc3ccccc3)c(=O)c2C1c1ccco1. The third kappa shape index (κ3) is 3.20. The predicted molar refractivity (Wildman–Crippen MR) is 105 cm³/mol. The van der Waals surface area contributed by atoms with E-state index in [1.165, 1.54) is 13.4 Å². The van der Waals surface area contributed by atoms with Crippen LogP contribution in [0.5, 0.6) is 5.75 Å². The maximum atomic E-state index is 13.5. The van der Waals surface area contributed by atoms with Crippen molar-refractivity contribution in [2.45, 2.75) is 19.4 Å². The van der Waals surface area contributed by atoms with Crippen LogP contribution in [0, 0.1) is 6.92 Å². The second kappa shape index (κ2) is 7.35. The van der Waals surface area contributed by atoms with E-state index in [2.05, 4.69) is 0 Å². The Morgan fingerprint density at radius 1 is 1.21 bits per heavy atom. The zero-order chi connectivity index (χ0) is 20.5. The van der Waals surface area contributed by atoms with E-state index in [0.29, 0.717) is 23.7 Å². The van der Waals surface area contributed by atoms with Gasteiger partial charge in [0.25, 0.3) is 5.56 Å². The summed E-state index contributed by atoms with van der Waals surface area (Å²) in [5.74, 6) is -0.890. The lowest BCUT2D eigenvalue weighted by atomic mass is 9.87. The molecule has 0 saturated heterocycles. The molecule has 0 spiro atoms. The first-order valence-electron chi connectivity index (χ1n) is 9.08. The third-order valence-electron chi connectivity index (χ3n) is 4.99. The summed E-state index contributed by atoms with van der Waals surface area (Å²) >= 11 is 0. The Morgan fingerprint density at radius 2 is 1.97 bits per heavy atom. The minimum Gasteiger partial charge on any atom is -0.468 e. The van der Waals surface area contributed by atoms with E-state index in [4.69, 9.17) is 19.6 Å². The molecule has 7 nitrogen and oxygen atoms in total. The predicted octanol–water partition coefficient (Wildman–Crippen LogP) is 2.67. The molecule has 0 amide bonds. The van der Waals surface area contributed by atoms with Gasteiger partial charge < -0.3 is 24.2 Å². The fraction of sp³-hybridized carbons (Fsp3) is 0.182. The molecule has 1 aliphatic rings. The van der Waals surface area contributed by atoms with Crippen molar-refractivity contribution >= 4 is 5.97 Å². The van der Waals surface area contributed by atoms with Crippen LogP contribution in [0.2, 0.25) is 0 Å². The lowest BCUT2D eigenvalue weighted by Gasteiger charge is -2.27. The van der Waals surface area contributed by atoms with Gasteiger partial charge in [-0.1, -0.05) is 30.3 Å². The molecule has 3 heterocycles. The lowest BCUT2D eigenvalue weighted by molar-refractivity contribution is -0.136. The standard InChI is InChI=1S/C22H20N2O5/c1-13-11-16-18(21(25)24(13)12-14-7-4-3-5-8-14)17(15-9-6-10-28-15)19(20(23)29-16)22(26)27-2/h3-11,17H,12,23H2,1-2H3. The van der Waals surface area contributed by atoms with Crippen LogP contribution in [-0.2, 0) is 16.1 Å². The van der Waals surface area contributed by atoms with Crippen molar-refractivity contribution in [1.82, 2.24) is 4.57 Å². The second-order valence-corrected chi connectivity index (χ2v) is 6.76. The Morgan fingerprint density at radius 3 is 2.62 bits per heavy atom. The molecule has 1 aromatic carbocycles. The van der Waals surface area contributed by atoms with Crippen LogP contribution in [0.3, 0.4) is 0 Å². The number of carbonyl (C=O) groups excluding carboxylic acids is 1. The minimum absolute atomic E-state index is 0.0437. The molecule has 4 rings (SSSR count). The van der Waals surface area contributed by atoms with Gasteiger partial charge >= 0.3 is 5.97 Å². The molecule has 0 bridgehead atoms. The van der Waals surface area contributed by atoms with E-state index in [1.54, 1.807) is 22.8 Å². The number of methoxy groups -OCH3 is 1. The van der Waals surface area contributed by atoms with Crippen molar-refractivity contribution in [3.63, 3.8) is 0 Å². The Hall–Kier alpha value is -3.74. The molecule has 1 unspecified atom stereocenters. The van der Waals surface area contributed by atoms with Gasteiger partial charge in [-0.25, -0.2) is 4.79 Å². The molecule has 148 valence electrons. The van der Waals surface area contributed by atoms with Gasteiger partial charge in [-0.2, -0.15) is 0 Å². The number of rotatable bonds is 4. The number of hydrogen-bond acceptors (Lipinski definition) is 6. The van der Waals surface area contributed by atoms with Crippen LogP contribution in [0.15, 0.2) is 75.5 Å². The first-order valence-corrected chi connectivity index (χ1v) is 9.08. The van der Waals surface area contributed by atoms with Crippen LogP contribution in [-0.4, -0.2) is 17.6 Å². The van der Waals surface area contributed by atoms with Crippen molar-refractivity contribution in [3.05, 3.63) is 99.2 Å². The number of pyridine rings is 1. The number of carbonyl (C=O) groups is 1. The van der Waals surface area contributed by atoms with Gasteiger partial charge in [-0.05, 0) is 24.6 Å². The number of hydrogen-bond donors (Lipinski definition) is 1. The number of furan rings is 1. The van der Waals surface area contributed by atoms with Crippen molar-refractivity contribution in [2.75, 3.05) is 7.11 Å². The van der Waals surface area contributed by atoms with Gasteiger partial charge in [-0.3, -0.25) is 4.79 Å². The van der Waals surface area contributed by atoms with Gasteiger partial charge in [-0.15, -0.1) is 0 Å². The summed E-state index contributed by atoms with van der Waals surface area (Å²) in [4.78, 5) is 26.0. The third-order valence-corrected chi connectivity index (χ3v) is 4.99. The maximum absolute atomic E-state index is 13.5. The molecule has 0 fully saturated rings. The van der Waals surface area contributed by atoms with Gasteiger partial charge in [0.05, 0.1) is 31.4 Å². The number of aromatic nitrogens is 1. The summed E-state index contributed by atoms with van der Waals surface area (Å²) in [6.07, 6.45) is 1.48. The number of nitrogens with zero attached hydrogens (tertiary/aromatic N) is 1. The first-order chi connectivity index (χ1) is 14.0. The quantitative estimate of drug-likeness (QED) is 0.686. The molecule has 1 aliphatic heterocycles. The van der Waals surface area contributed by atoms with Crippen LogP contribution < -0.4 is 16.0 Å². The van der Waals surface area contributed by atoms with Crippen molar-refractivity contribution in [2.24, 2.45) is 5.73 Å². The average Bonchev–Trinajstić information content (AvgIpc) is 3.25. The van der Waals surface area contributed by atoms with E-state index in [1.807, 2.05) is 37.3 Å². The van der Waals surface area contributed by atoms with Crippen LogP contribution in [0.4, 0.5) is 0 Å². The lowest BCUT2D eigenvalue weighted by Crippen LogP contribution is -2.35. The zero-order valence-corrected chi connectivity index (χ0v) is 16.0. The smallest absolute Gasteiger partial charge is 0.340 e. The zero-order valence-electron chi connectivity index (χ0n) is 16.0. The van der Waals surface area contributed by atoms with E-state index in [9.17, 15) is 9.59 Å². The summed E-state index contributed by atoms with van der Waals surface area (Å²) < 4.78 is 17.7. The maximum Gasteiger partial charge on any atom is 0.340 e. The Labute approximate surface area is 167 Å². The summed E-state index contributed by atoms with van der Waals surface area (Å²) in [5, 5.41) is 0. The van der Waals surface area contributed by atoms with Gasteiger partial charge in [0.2, 0.25) is 5.88 Å². The molecule has 0 radical (unpaired) electrons. The Kier molecular flexibility index (Phi) is 4.72. The van der Waals surface area contributed by atoms with Crippen molar-refractivity contribution < 1.29 is 18.7 Å². The molecule has 29 heavy (non-hydrogen) atoms. The summed E-state index contributed by atoms with van der Waals surface area (Å²) in [7, 11) is 1.25. The van der Waals surface area contributed by atoms with Crippen LogP contribution in [0.25, 0.3) is 0 Å². The highest BCUT2D eigenvalue weighted by Gasteiger charge is 2.39. The van der Waals surface area contributed by atoms with Gasteiger partial charge in [0.15, 0.2) is 0 Å². The van der Waals surface area contributed by atoms with Crippen molar-refractivity contribution in [3.8, 4) is 5.75 Å². The fourth-order valence-corrected chi connectivity index (χ4v) is 3.60. The molecule has 0 aliphatic carbocycles. The highest BCUT2D eigenvalue weighted by Crippen LogP contribution is 2.41. The number of benzene rings is 1. The largest absolute Gasteiger partial charge is 0.468 e. The summed E-state index contributed by atoms with van der Waals surface area (Å²) in [6, 6.07) is 14.8. The summed E-state index contributed by atoms with van der Waals surface area (Å²) in [6.45, 7) is 2.21. The molecular weight excluding hydrogens is 372 g/mol. The topological polar surface area (TPSA) is 96.7 Å². The number of aryl methyl sites for hydroxylation is 1. The van der Waals surface area contributed by atoms with E-state index < -0.39 is 11.9 Å². The molecule has 2 N–H and O–H groups in total. The average molecular weight is 392 g/mol. The molecule has 3 aromatic rings. The van der Waals surface area contributed by atoms with Crippen LogP contribution in [0.1, 0.15) is 28.5 Å². The minimum atomic E-state index is -0.823. The van der Waals surface area contributed by atoms with Gasteiger partial charge in [0, 0.05) is 11.8 Å². The Bertz CT molecular complexity index is 1140. The molecular formula is C22H20N2O5. The molecule has 7 heteroatoms. The number of nitrogens with two attached hydrogens (primary N) is 1. The van der Waals surface area contributed by atoms with Crippen LogP contribution >= 0.6 is 0 Å². The molecule has 1 atom stereocenters. The second-order valence-electron chi connectivity index (χ2n) is 6.76. The molecule has 0 saturated carbocycles. The van der Waals surface area contributed by atoms with Gasteiger partial charge in [0.1, 0.15) is 17.1 Å². The molecule has 2 aromatic heterocycles. The number of fused-ring (bicyclic) bond motifs is 1. The van der Waals surface area contributed by atoms with E-state index >= 15 is 0 Å². The first kappa shape index (κ1) is 18.6. The Balaban J connectivity index is 1.93. The van der Waals surface area contributed by atoms with E-state index in [-0.39, 0.29) is 22.6 Å². The van der Waals surface area contributed by atoms with Crippen molar-refractivity contribution in [1.29, 1.82) is 0 Å². The normalized spacial score (nSPS) is 15.6. The summed E-state index contributed by atoms with van der Waals surface area (Å²) in [5.41, 5.74) is 7.78. The highest BCUT2D eigenvalue weighted by molar-refractivity contribution is 5.92. The monoisotopic (exact) mass is 392 g/mol. The fourth-order valence-electron chi connectivity index (χ4n) is 3.60.